The van der Waals surface area contributed by atoms with Crippen LogP contribution in [0.15, 0.2) is 81.0 Å². The quantitative estimate of drug-likeness (QED) is 0.515. The van der Waals surface area contributed by atoms with Gasteiger partial charge < -0.3 is 9.73 Å². The molecular formula is C22H16FN3O4. The van der Waals surface area contributed by atoms with E-state index in [4.69, 9.17) is 4.42 Å². The minimum atomic E-state index is -0.728. The molecule has 0 aliphatic carbocycles. The number of carbonyl (C=O) groups is 1. The lowest BCUT2D eigenvalue weighted by Crippen LogP contribution is -2.33. The lowest BCUT2D eigenvalue weighted by molar-refractivity contribution is 0.0948. The van der Waals surface area contributed by atoms with Crippen LogP contribution in [-0.4, -0.2) is 22.0 Å². The van der Waals surface area contributed by atoms with Gasteiger partial charge in [-0.1, -0.05) is 18.2 Å². The van der Waals surface area contributed by atoms with Crippen LogP contribution in [0.1, 0.15) is 10.4 Å². The normalized spacial score (nSPS) is 10.8. The van der Waals surface area contributed by atoms with Crippen molar-refractivity contribution in [1.82, 2.24) is 14.9 Å². The highest BCUT2D eigenvalue weighted by Gasteiger charge is 2.13. The van der Waals surface area contributed by atoms with E-state index in [9.17, 15) is 18.8 Å². The van der Waals surface area contributed by atoms with E-state index in [1.807, 2.05) is 0 Å². The molecule has 2 aromatic heterocycles. The molecule has 0 unspecified atom stereocenters. The van der Waals surface area contributed by atoms with Crippen LogP contribution < -0.4 is 16.5 Å². The minimum Gasteiger partial charge on any atom is -0.422 e. The number of rotatable bonds is 5. The van der Waals surface area contributed by atoms with Gasteiger partial charge in [0, 0.05) is 30.1 Å². The number of benzene rings is 2. The Kier molecular flexibility index (Phi) is 5.21. The van der Waals surface area contributed by atoms with Gasteiger partial charge in [0.05, 0.1) is 12.0 Å². The molecule has 0 fully saturated rings. The van der Waals surface area contributed by atoms with Crippen molar-refractivity contribution in [2.24, 2.45) is 0 Å². The van der Waals surface area contributed by atoms with E-state index >= 15 is 0 Å². The standard InChI is InChI=1S/C22H16FN3O4/c23-16-7-5-14(6-8-16)18-12-20(27)26(13-25-18)10-9-24-21(28)17-11-15-3-1-2-4-19(15)30-22(17)29/h1-8,11-13H,9-10H2,(H,24,28). The predicted octanol–water partition coefficient (Wildman–Crippen LogP) is 2.59. The summed E-state index contributed by atoms with van der Waals surface area (Å²) in [6.07, 6.45) is 1.36. The zero-order valence-corrected chi connectivity index (χ0v) is 15.7. The second-order valence-corrected chi connectivity index (χ2v) is 6.55. The van der Waals surface area contributed by atoms with Gasteiger partial charge >= 0.3 is 5.63 Å². The Hall–Kier alpha value is -4.07. The maximum atomic E-state index is 13.0. The maximum absolute atomic E-state index is 13.0. The summed E-state index contributed by atoms with van der Waals surface area (Å²) < 4.78 is 19.5. The van der Waals surface area contributed by atoms with Crippen molar-refractivity contribution in [2.45, 2.75) is 6.54 Å². The van der Waals surface area contributed by atoms with Crippen LogP contribution in [0.2, 0.25) is 0 Å². The van der Waals surface area contributed by atoms with Gasteiger partial charge in [0.1, 0.15) is 17.0 Å². The van der Waals surface area contributed by atoms with Gasteiger partial charge in [-0.05, 0) is 36.4 Å². The minimum absolute atomic E-state index is 0.106. The predicted molar refractivity (Wildman–Crippen MR) is 109 cm³/mol. The Morgan fingerprint density at radius 1 is 1.07 bits per heavy atom. The summed E-state index contributed by atoms with van der Waals surface area (Å²) in [6.45, 7) is 0.281. The van der Waals surface area contributed by atoms with Crippen LogP contribution in [0, 0.1) is 5.82 Å². The molecule has 4 rings (SSSR count). The first-order valence-electron chi connectivity index (χ1n) is 9.15. The molecule has 4 aromatic rings. The molecular weight excluding hydrogens is 389 g/mol. The van der Waals surface area contributed by atoms with Crippen molar-refractivity contribution in [3.8, 4) is 11.3 Å². The fraction of sp³-hybridized carbons (Fsp3) is 0.0909. The molecule has 0 spiro atoms. The summed E-state index contributed by atoms with van der Waals surface area (Å²) >= 11 is 0. The lowest BCUT2D eigenvalue weighted by Gasteiger charge is -2.08. The zero-order chi connectivity index (χ0) is 21.1. The number of aromatic nitrogens is 2. The zero-order valence-electron chi connectivity index (χ0n) is 15.7. The summed E-state index contributed by atoms with van der Waals surface area (Å²) in [5.41, 5.74) is 0.298. The van der Waals surface area contributed by atoms with Gasteiger partial charge in [0.25, 0.3) is 11.5 Å². The first-order chi connectivity index (χ1) is 14.5. The molecule has 30 heavy (non-hydrogen) atoms. The monoisotopic (exact) mass is 405 g/mol. The van der Waals surface area contributed by atoms with E-state index in [0.717, 1.165) is 0 Å². The van der Waals surface area contributed by atoms with E-state index < -0.39 is 11.5 Å². The molecule has 2 aromatic carbocycles. The third kappa shape index (κ3) is 4.02. The van der Waals surface area contributed by atoms with Crippen LogP contribution >= 0.6 is 0 Å². The molecule has 0 saturated heterocycles. The Morgan fingerprint density at radius 3 is 2.60 bits per heavy atom. The molecule has 0 atom stereocenters. The van der Waals surface area contributed by atoms with E-state index in [1.54, 1.807) is 24.3 Å². The fourth-order valence-electron chi connectivity index (χ4n) is 2.98. The highest BCUT2D eigenvalue weighted by molar-refractivity contribution is 5.96. The summed E-state index contributed by atoms with van der Waals surface area (Å²) in [6, 6.07) is 15.4. The summed E-state index contributed by atoms with van der Waals surface area (Å²) in [5, 5.41) is 3.24. The van der Waals surface area contributed by atoms with Crippen LogP contribution in [0.25, 0.3) is 22.2 Å². The van der Waals surface area contributed by atoms with Gasteiger partial charge in [0.15, 0.2) is 0 Å². The molecule has 8 heteroatoms. The molecule has 0 aliphatic heterocycles. The van der Waals surface area contributed by atoms with Crippen LogP contribution in [0.4, 0.5) is 4.39 Å². The highest BCUT2D eigenvalue weighted by Crippen LogP contribution is 2.15. The molecule has 1 N–H and O–H groups in total. The highest BCUT2D eigenvalue weighted by atomic mass is 19.1. The number of nitrogens with one attached hydrogen (secondary N) is 1. The molecule has 2 heterocycles. The van der Waals surface area contributed by atoms with Gasteiger partial charge in [-0.3, -0.25) is 14.2 Å². The van der Waals surface area contributed by atoms with Crippen molar-refractivity contribution < 1.29 is 13.6 Å². The van der Waals surface area contributed by atoms with Gasteiger partial charge in [-0.25, -0.2) is 14.2 Å². The van der Waals surface area contributed by atoms with Gasteiger partial charge in [-0.15, -0.1) is 0 Å². The fourth-order valence-corrected chi connectivity index (χ4v) is 2.98. The van der Waals surface area contributed by atoms with E-state index in [2.05, 4.69) is 10.3 Å². The summed E-state index contributed by atoms with van der Waals surface area (Å²) in [4.78, 5) is 40.9. The van der Waals surface area contributed by atoms with Gasteiger partial charge in [-0.2, -0.15) is 0 Å². The molecule has 0 aliphatic rings. The number of amides is 1. The Morgan fingerprint density at radius 2 is 1.83 bits per heavy atom. The second-order valence-electron chi connectivity index (χ2n) is 6.55. The van der Waals surface area contributed by atoms with Crippen LogP contribution in [0.3, 0.4) is 0 Å². The van der Waals surface area contributed by atoms with Crippen molar-refractivity contribution in [3.05, 3.63) is 99.1 Å². The molecule has 0 saturated carbocycles. The Labute approximate surface area is 169 Å². The number of carbonyl (C=O) groups excluding carboxylic acids is 1. The largest absolute Gasteiger partial charge is 0.422 e. The first-order valence-corrected chi connectivity index (χ1v) is 9.15. The van der Waals surface area contributed by atoms with E-state index in [1.165, 1.54) is 47.3 Å². The number of hydrogen-bond acceptors (Lipinski definition) is 5. The number of nitrogens with zero attached hydrogens (tertiary/aromatic N) is 2. The lowest BCUT2D eigenvalue weighted by atomic mass is 10.1. The van der Waals surface area contributed by atoms with E-state index in [-0.39, 0.29) is 30.0 Å². The maximum Gasteiger partial charge on any atom is 0.349 e. The third-order valence-corrected chi connectivity index (χ3v) is 4.54. The summed E-state index contributed by atoms with van der Waals surface area (Å²) in [7, 11) is 0. The Balaban J connectivity index is 1.43. The van der Waals surface area contributed by atoms with Crippen molar-refractivity contribution >= 4 is 16.9 Å². The second kappa shape index (κ2) is 8.12. The number of para-hydroxylation sites is 1. The molecule has 0 radical (unpaired) electrons. The number of hydrogen-bond donors (Lipinski definition) is 1. The molecule has 150 valence electrons. The SMILES string of the molecule is O=C(NCCn1cnc(-c2ccc(F)cc2)cc1=O)c1cc2ccccc2oc1=O. The molecule has 7 nitrogen and oxygen atoms in total. The first kappa shape index (κ1) is 19.3. The Bertz CT molecular complexity index is 1340. The average molecular weight is 405 g/mol. The molecule has 1 amide bonds. The topological polar surface area (TPSA) is 94.2 Å². The number of fused-ring (bicyclic) bond motifs is 1. The van der Waals surface area contributed by atoms with Gasteiger partial charge in [0.2, 0.25) is 0 Å². The van der Waals surface area contributed by atoms with E-state index in [0.29, 0.717) is 22.2 Å². The van der Waals surface area contributed by atoms with Crippen LogP contribution in [-0.2, 0) is 6.54 Å². The summed E-state index contributed by atoms with van der Waals surface area (Å²) in [5.74, 6) is -0.957. The molecule has 0 bridgehead atoms. The smallest absolute Gasteiger partial charge is 0.349 e. The number of halogens is 1. The van der Waals surface area contributed by atoms with Crippen molar-refractivity contribution in [1.29, 1.82) is 0 Å². The average Bonchev–Trinajstić information content (AvgIpc) is 2.74. The van der Waals surface area contributed by atoms with Crippen molar-refractivity contribution in [3.63, 3.8) is 0 Å². The van der Waals surface area contributed by atoms with Crippen LogP contribution in [0.5, 0.6) is 0 Å². The third-order valence-electron chi connectivity index (χ3n) is 4.54. The van der Waals surface area contributed by atoms with Crippen molar-refractivity contribution in [2.75, 3.05) is 6.54 Å².